The van der Waals surface area contributed by atoms with Gasteiger partial charge in [0.15, 0.2) is 11.5 Å². The summed E-state index contributed by atoms with van der Waals surface area (Å²) in [7, 11) is 0. The van der Waals surface area contributed by atoms with Gasteiger partial charge in [0.05, 0.1) is 36.4 Å². The van der Waals surface area contributed by atoms with Gasteiger partial charge in [0.25, 0.3) is 0 Å². The van der Waals surface area contributed by atoms with E-state index in [1.54, 1.807) is 17.4 Å². The Morgan fingerprint density at radius 1 is 1.14 bits per heavy atom. The van der Waals surface area contributed by atoms with Gasteiger partial charge in [0, 0.05) is 6.08 Å². The monoisotopic (exact) mass is 408 g/mol. The summed E-state index contributed by atoms with van der Waals surface area (Å²) < 4.78 is 11.9. The maximum absolute atomic E-state index is 12.6. The number of nitrogens with zero attached hydrogens (tertiary/aromatic N) is 2. The molecule has 29 heavy (non-hydrogen) atoms. The van der Waals surface area contributed by atoms with Gasteiger partial charge in [-0.2, -0.15) is 0 Å². The molecule has 0 bridgehead atoms. The molecule has 0 saturated carbocycles. The lowest BCUT2D eigenvalue weighted by atomic mass is 10.2. The first-order chi connectivity index (χ1) is 14.2. The Morgan fingerprint density at radius 2 is 1.97 bits per heavy atom. The van der Waals surface area contributed by atoms with Gasteiger partial charge >= 0.3 is 0 Å². The number of piperazine rings is 1. The summed E-state index contributed by atoms with van der Waals surface area (Å²) in [4.78, 5) is 20.7. The number of amides is 1. The van der Waals surface area contributed by atoms with Crippen LogP contribution in [0.1, 0.15) is 10.6 Å². The third-order valence-corrected chi connectivity index (χ3v) is 6.37. The van der Waals surface area contributed by atoms with Crippen molar-refractivity contribution in [1.29, 1.82) is 0 Å². The van der Waals surface area contributed by atoms with Crippen LogP contribution in [-0.2, 0) is 11.3 Å². The number of benzene rings is 2. The maximum Gasteiger partial charge on any atom is 0.246 e. The lowest BCUT2D eigenvalue weighted by molar-refractivity contribution is -0.917. The highest BCUT2D eigenvalue weighted by Gasteiger charge is 2.23. The van der Waals surface area contributed by atoms with E-state index >= 15 is 0 Å². The molecule has 1 N–H and O–H groups in total. The fourth-order valence-electron chi connectivity index (χ4n) is 3.72. The van der Waals surface area contributed by atoms with E-state index in [1.807, 2.05) is 35.2 Å². The molecule has 6 nitrogen and oxygen atoms in total. The fraction of sp³-hybridized carbons (Fsp3) is 0.273. The zero-order valence-electron chi connectivity index (χ0n) is 16.0. The number of hydrogen-bond acceptors (Lipinski definition) is 5. The van der Waals surface area contributed by atoms with E-state index in [-0.39, 0.29) is 12.7 Å². The highest BCUT2D eigenvalue weighted by Crippen LogP contribution is 2.32. The number of carbonyl (C=O) groups excluding carboxylic acids is 1. The number of ether oxygens (including phenoxy) is 2. The summed E-state index contributed by atoms with van der Waals surface area (Å²) in [6.07, 6.45) is 3.49. The lowest BCUT2D eigenvalue weighted by Crippen LogP contribution is -3.13. The molecule has 0 spiro atoms. The quantitative estimate of drug-likeness (QED) is 0.671. The predicted octanol–water partition coefficient (Wildman–Crippen LogP) is 1.97. The van der Waals surface area contributed by atoms with Crippen molar-refractivity contribution in [2.24, 2.45) is 0 Å². The van der Waals surface area contributed by atoms with Crippen LogP contribution in [0.2, 0.25) is 0 Å². The van der Waals surface area contributed by atoms with E-state index in [0.717, 1.165) is 55.3 Å². The second-order valence-corrected chi connectivity index (χ2v) is 8.39. The van der Waals surface area contributed by atoms with Crippen LogP contribution >= 0.6 is 11.3 Å². The van der Waals surface area contributed by atoms with Crippen molar-refractivity contribution in [2.45, 2.75) is 6.54 Å². The molecule has 1 aromatic heterocycles. The molecular weight excluding hydrogens is 386 g/mol. The summed E-state index contributed by atoms with van der Waals surface area (Å²) in [6, 6.07) is 14.0. The molecule has 0 atom stereocenters. The van der Waals surface area contributed by atoms with Gasteiger partial charge in [-0.05, 0) is 35.9 Å². The van der Waals surface area contributed by atoms with Crippen molar-refractivity contribution in [3.8, 4) is 11.5 Å². The normalized spacial score (nSPS) is 16.8. The standard InChI is InChI=1S/C22H21N3O3S/c26-22(8-6-16-5-7-18-19(13-16)28-15-27-18)25-11-9-24(10-12-25)14-21-23-17-3-1-2-4-20(17)29-21/h1-8,13H,9-12,14-15H2/p+1/b8-6+. The number of para-hydroxylation sites is 1. The third kappa shape index (κ3) is 3.97. The average Bonchev–Trinajstić information content (AvgIpc) is 3.38. The number of rotatable bonds is 4. The molecule has 2 aliphatic heterocycles. The topological polar surface area (TPSA) is 56.1 Å². The van der Waals surface area contributed by atoms with Crippen LogP contribution in [0, 0.1) is 0 Å². The third-order valence-electron chi connectivity index (χ3n) is 5.34. The SMILES string of the molecule is O=C(/C=C/c1ccc2c(c1)OCO2)N1CC[NH+](Cc2nc3ccccc3s2)CC1. The van der Waals surface area contributed by atoms with Gasteiger partial charge < -0.3 is 19.3 Å². The average molecular weight is 409 g/mol. The maximum atomic E-state index is 12.6. The summed E-state index contributed by atoms with van der Waals surface area (Å²) in [5, 5.41) is 1.17. The summed E-state index contributed by atoms with van der Waals surface area (Å²) >= 11 is 1.77. The first kappa shape index (κ1) is 18.1. The molecule has 2 aromatic carbocycles. The summed E-state index contributed by atoms with van der Waals surface area (Å²) in [5.74, 6) is 1.54. The molecule has 1 saturated heterocycles. The van der Waals surface area contributed by atoms with Gasteiger partial charge in [-0.1, -0.05) is 18.2 Å². The number of thiazole rings is 1. The minimum atomic E-state index is 0.0571. The molecular formula is C22H22N3O3S+. The number of quaternary nitrogens is 1. The van der Waals surface area contributed by atoms with Crippen LogP contribution in [0.5, 0.6) is 11.5 Å². The van der Waals surface area contributed by atoms with Crippen molar-refractivity contribution in [3.63, 3.8) is 0 Å². The van der Waals surface area contributed by atoms with Gasteiger partial charge in [0.1, 0.15) is 11.6 Å². The van der Waals surface area contributed by atoms with Crippen molar-refractivity contribution < 1.29 is 19.2 Å². The second-order valence-electron chi connectivity index (χ2n) is 7.27. The van der Waals surface area contributed by atoms with Gasteiger partial charge in [0.2, 0.25) is 12.7 Å². The number of aromatic nitrogens is 1. The Hall–Kier alpha value is -2.90. The molecule has 2 aliphatic rings. The Bertz CT molecular complexity index is 1040. The fourth-order valence-corrected chi connectivity index (χ4v) is 4.76. The molecule has 3 aromatic rings. The van der Waals surface area contributed by atoms with Crippen LogP contribution in [0.25, 0.3) is 16.3 Å². The van der Waals surface area contributed by atoms with Gasteiger partial charge in [-0.15, -0.1) is 11.3 Å². The highest BCUT2D eigenvalue weighted by atomic mass is 32.1. The van der Waals surface area contributed by atoms with Crippen LogP contribution in [-0.4, -0.2) is 48.8 Å². The highest BCUT2D eigenvalue weighted by molar-refractivity contribution is 7.18. The number of hydrogen-bond donors (Lipinski definition) is 1. The predicted molar refractivity (Wildman–Crippen MR) is 112 cm³/mol. The van der Waals surface area contributed by atoms with E-state index in [4.69, 9.17) is 14.5 Å². The molecule has 1 fully saturated rings. The van der Waals surface area contributed by atoms with Crippen LogP contribution in [0.15, 0.2) is 48.5 Å². The molecule has 3 heterocycles. The Balaban J connectivity index is 1.15. The van der Waals surface area contributed by atoms with Crippen LogP contribution in [0.3, 0.4) is 0 Å². The molecule has 7 heteroatoms. The Kier molecular flexibility index (Phi) is 4.91. The summed E-state index contributed by atoms with van der Waals surface area (Å²) in [5.41, 5.74) is 2.01. The Morgan fingerprint density at radius 3 is 2.83 bits per heavy atom. The smallest absolute Gasteiger partial charge is 0.246 e. The molecule has 5 rings (SSSR count). The zero-order chi connectivity index (χ0) is 19.6. The number of carbonyl (C=O) groups is 1. The van der Waals surface area contributed by atoms with Crippen LogP contribution < -0.4 is 14.4 Å². The van der Waals surface area contributed by atoms with Crippen molar-refractivity contribution in [2.75, 3.05) is 33.0 Å². The second kappa shape index (κ2) is 7.85. The zero-order valence-corrected chi connectivity index (χ0v) is 16.8. The largest absolute Gasteiger partial charge is 0.454 e. The Labute approximate surface area is 173 Å². The van der Waals surface area contributed by atoms with E-state index < -0.39 is 0 Å². The lowest BCUT2D eigenvalue weighted by Gasteiger charge is -2.31. The van der Waals surface area contributed by atoms with Crippen molar-refractivity contribution >= 4 is 33.5 Å². The van der Waals surface area contributed by atoms with Crippen molar-refractivity contribution in [1.82, 2.24) is 9.88 Å². The first-order valence-corrected chi connectivity index (χ1v) is 10.6. The number of fused-ring (bicyclic) bond motifs is 2. The number of nitrogens with one attached hydrogen (secondary N) is 1. The van der Waals surface area contributed by atoms with E-state index in [1.165, 1.54) is 14.6 Å². The van der Waals surface area contributed by atoms with Crippen LogP contribution in [0.4, 0.5) is 0 Å². The molecule has 148 valence electrons. The molecule has 0 radical (unpaired) electrons. The van der Waals surface area contributed by atoms with Gasteiger partial charge in [-0.3, -0.25) is 4.79 Å². The van der Waals surface area contributed by atoms with Crippen molar-refractivity contribution in [3.05, 3.63) is 59.1 Å². The minimum absolute atomic E-state index is 0.0571. The van der Waals surface area contributed by atoms with E-state index in [0.29, 0.717) is 0 Å². The van der Waals surface area contributed by atoms with E-state index in [2.05, 4.69) is 18.2 Å². The van der Waals surface area contributed by atoms with Gasteiger partial charge in [-0.25, -0.2) is 4.98 Å². The summed E-state index contributed by atoms with van der Waals surface area (Å²) in [6.45, 7) is 4.60. The minimum Gasteiger partial charge on any atom is -0.454 e. The molecule has 0 aliphatic carbocycles. The van der Waals surface area contributed by atoms with E-state index in [9.17, 15) is 4.79 Å². The molecule has 1 amide bonds. The first-order valence-electron chi connectivity index (χ1n) is 9.79. The molecule has 0 unspecified atom stereocenters.